The lowest BCUT2D eigenvalue weighted by Gasteiger charge is -2.21. The zero-order valence-electron chi connectivity index (χ0n) is 16.1. The number of carbonyl (C=O) groups excluding carboxylic acids is 1. The number of nitrogens with zero attached hydrogens (tertiary/aromatic N) is 1. The Bertz CT molecular complexity index is 995. The third-order valence-electron chi connectivity index (χ3n) is 5.83. The average molecular weight is 399 g/mol. The smallest absolute Gasteiger partial charge is 0.236 e. The molecule has 2 aromatic carbocycles. The van der Waals surface area contributed by atoms with Gasteiger partial charge in [0.1, 0.15) is 0 Å². The maximum atomic E-state index is 12.8. The second-order valence-corrected chi connectivity index (χ2v) is 9.57. The molecule has 1 saturated carbocycles. The second-order valence-electron chi connectivity index (χ2n) is 7.85. The molecule has 0 unspecified atom stereocenters. The molecular formula is C22H26N2O3S. The summed E-state index contributed by atoms with van der Waals surface area (Å²) in [6.45, 7) is 2.60. The van der Waals surface area contributed by atoms with Crippen LogP contribution in [0.5, 0.6) is 0 Å². The summed E-state index contributed by atoms with van der Waals surface area (Å²) < 4.78 is 27.9. The van der Waals surface area contributed by atoms with Gasteiger partial charge in [0, 0.05) is 23.8 Å². The summed E-state index contributed by atoms with van der Waals surface area (Å²) in [6.07, 6.45) is 5.02. The van der Waals surface area contributed by atoms with E-state index in [0.717, 1.165) is 54.5 Å². The van der Waals surface area contributed by atoms with Crippen molar-refractivity contribution in [1.29, 1.82) is 0 Å². The number of sulfonamides is 1. The Kier molecular flexibility index (Phi) is 5.15. The van der Waals surface area contributed by atoms with Gasteiger partial charge in [0.2, 0.25) is 15.9 Å². The lowest BCUT2D eigenvalue weighted by Crippen LogP contribution is -2.33. The van der Waals surface area contributed by atoms with E-state index >= 15 is 0 Å². The minimum absolute atomic E-state index is 0.0525. The number of fused-ring (bicyclic) bond motifs is 1. The summed E-state index contributed by atoms with van der Waals surface area (Å²) in [7, 11) is -3.50. The van der Waals surface area contributed by atoms with Crippen molar-refractivity contribution in [3.05, 3.63) is 59.2 Å². The molecule has 1 amide bonds. The average Bonchev–Trinajstić information content (AvgIpc) is 3.32. The van der Waals surface area contributed by atoms with Crippen molar-refractivity contribution in [2.45, 2.75) is 44.8 Å². The topological polar surface area (TPSA) is 66.5 Å². The predicted molar refractivity (Wildman–Crippen MR) is 112 cm³/mol. The number of carbonyl (C=O) groups is 1. The fourth-order valence-electron chi connectivity index (χ4n) is 4.28. The summed E-state index contributed by atoms with van der Waals surface area (Å²) in [5, 5.41) is 0. The van der Waals surface area contributed by atoms with Crippen LogP contribution in [0.1, 0.15) is 42.4 Å². The molecule has 5 nitrogen and oxygen atoms in total. The number of aryl methyl sites for hydroxylation is 1. The number of anilines is 2. The standard InChI is InChI=1S/C22H26N2O3S/c1-16-6-2-3-9-19(16)15-28(26,27)23-20-10-11-21-18(14-20)12-13-24(21)22(25)17-7-4-5-8-17/h2-3,6,9-11,14,17,23H,4-5,7-8,12-13,15H2,1H3. The number of hydrogen-bond donors (Lipinski definition) is 1. The van der Waals surface area contributed by atoms with Crippen LogP contribution >= 0.6 is 0 Å². The molecule has 1 aliphatic carbocycles. The molecule has 4 rings (SSSR count). The van der Waals surface area contributed by atoms with Gasteiger partial charge in [-0.15, -0.1) is 0 Å². The molecule has 2 aliphatic rings. The summed E-state index contributed by atoms with van der Waals surface area (Å²) in [5.74, 6) is 0.325. The molecule has 1 aliphatic heterocycles. The van der Waals surface area contributed by atoms with Crippen LogP contribution in [0.3, 0.4) is 0 Å². The Morgan fingerprint density at radius 3 is 2.64 bits per heavy atom. The lowest BCUT2D eigenvalue weighted by atomic mass is 10.1. The fourth-order valence-corrected chi connectivity index (χ4v) is 5.57. The molecule has 2 aromatic rings. The Labute approximate surface area is 166 Å². The minimum atomic E-state index is -3.50. The van der Waals surface area contributed by atoms with Gasteiger partial charge >= 0.3 is 0 Å². The third kappa shape index (κ3) is 3.92. The first kappa shape index (κ1) is 19.0. The van der Waals surface area contributed by atoms with Crippen molar-refractivity contribution in [3.8, 4) is 0 Å². The van der Waals surface area contributed by atoms with Crippen LogP contribution < -0.4 is 9.62 Å². The van der Waals surface area contributed by atoms with Crippen molar-refractivity contribution < 1.29 is 13.2 Å². The van der Waals surface area contributed by atoms with Gasteiger partial charge in [-0.2, -0.15) is 0 Å². The zero-order chi connectivity index (χ0) is 19.7. The van der Waals surface area contributed by atoms with Crippen molar-refractivity contribution in [2.75, 3.05) is 16.2 Å². The normalized spacial score (nSPS) is 17.0. The zero-order valence-corrected chi connectivity index (χ0v) is 17.0. The number of nitrogens with one attached hydrogen (secondary N) is 1. The Morgan fingerprint density at radius 1 is 1.14 bits per heavy atom. The van der Waals surface area contributed by atoms with Gasteiger partial charge < -0.3 is 4.90 Å². The molecule has 0 radical (unpaired) electrons. The SMILES string of the molecule is Cc1ccccc1CS(=O)(=O)Nc1ccc2c(c1)CCN2C(=O)C1CCCC1. The molecule has 1 N–H and O–H groups in total. The van der Waals surface area contributed by atoms with E-state index in [1.807, 2.05) is 48.2 Å². The van der Waals surface area contributed by atoms with Gasteiger partial charge in [-0.1, -0.05) is 37.1 Å². The van der Waals surface area contributed by atoms with E-state index in [4.69, 9.17) is 0 Å². The lowest BCUT2D eigenvalue weighted by molar-refractivity contribution is -0.122. The number of amides is 1. The molecule has 6 heteroatoms. The van der Waals surface area contributed by atoms with E-state index in [-0.39, 0.29) is 17.6 Å². The number of benzene rings is 2. The summed E-state index contributed by atoms with van der Waals surface area (Å²) in [4.78, 5) is 14.7. The summed E-state index contributed by atoms with van der Waals surface area (Å²) in [6, 6.07) is 13.0. The highest BCUT2D eigenvalue weighted by Crippen LogP contribution is 2.35. The van der Waals surface area contributed by atoms with Crippen molar-refractivity contribution in [3.63, 3.8) is 0 Å². The quantitative estimate of drug-likeness (QED) is 0.827. The van der Waals surface area contributed by atoms with E-state index in [2.05, 4.69) is 4.72 Å². The second kappa shape index (κ2) is 7.59. The fraction of sp³-hybridized carbons (Fsp3) is 0.409. The third-order valence-corrected chi connectivity index (χ3v) is 7.06. The summed E-state index contributed by atoms with van der Waals surface area (Å²) >= 11 is 0. The van der Waals surface area contributed by atoms with E-state index in [1.54, 1.807) is 6.07 Å². The molecule has 0 saturated heterocycles. The molecule has 0 atom stereocenters. The van der Waals surface area contributed by atoms with Gasteiger partial charge in [0.05, 0.1) is 5.75 Å². The van der Waals surface area contributed by atoms with Gasteiger partial charge in [0.25, 0.3) is 0 Å². The molecule has 0 spiro atoms. The highest BCUT2D eigenvalue weighted by molar-refractivity contribution is 7.91. The van der Waals surface area contributed by atoms with E-state index in [0.29, 0.717) is 12.2 Å². The highest BCUT2D eigenvalue weighted by Gasteiger charge is 2.32. The largest absolute Gasteiger partial charge is 0.312 e. The molecular weight excluding hydrogens is 372 g/mol. The monoisotopic (exact) mass is 398 g/mol. The minimum Gasteiger partial charge on any atom is -0.312 e. The van der Waals surface area contributed by atoms with E-state index < -0.39 is 10.0 Å². The van der Waals surface area contributed by atoms with Crippen LogP contribution in [0, 0.1) is 12.8 Å². The first-order valence-corrected chi connectivity index (χ1v) is 11.6. The number of rotatable bonds is 5. The van der Waals surface area contributed by atoms with Gasteiger partial charge in [-0.05, 0) is 61.1 Å². The molecule has 0 bridgehead atoms. The molecule has 28 heavy (non-hydrogen) atoms. The Morgan fingerprint density at radius 2 is 1.89 bits per heavy atom. The van der Waals surface area contributed by atoms with Crippen LogP contribution in [0.15, 0.2) is 42.5 Å². The van der Waals surface area contributed by atoms with Crippen LogP contribution in [0.25, 0.3) is 0 Å². The van der Waals surface area contributed by atoms with Crippen molar-refractivity contribution in [1.82, 2.24) is 0 Å². The van der Waals surface area contributed by atoms with Gasteiger partial charge in [0.15, 0.2) is 0 Å². The maximum absolute atomic E-state index is 12.8. The highest BCUT2D eigenvalue weighted by atomic mass is 32.2. The Hall–Kier alpha value is -2.34. The van der Waals surface area contributed by atoms with Gasteiger partial charge in [-0.3, -0.25) is 9.52 Å². The first-order chi connectivity index (χ1) is 13.4. The molecule has 1 fully saturated rings. The van der Waals surface area contributed by atoms with Crippen LogP contribution in [0.2, 0.25) is 0 Å². The Balaban J connectivity index is 1.49. The molecule has 0 aromatic heterocycles. The predicted octanol–water partition coefficient (Wildman–Crippen LogP) is 4.02. The van der Waals surface area contributed by atoms with Crippen LogP contribution in [-0.2, 0) is 27.0 Å². The first-order valence-electron chi connectivity index (χ1n) is 9.92. The van der Waals surface area contributed by atoms with E-state index in [1.165, 1.54) is 0 Å². The van der Waals surface area contributed by atoms with E-state index in [9.17, 15) is 13.2 Å². The van der Waals surface area contributed by atoms with Crippen LogP contribution in [0.4, 0.5) is 11.4 Å². The molecule has 1 heterocycles. The van der Waals surface area contributed by atoms with Crippen molar-refractivity contribution in [2.24, 2.45) is 5.92 Å². The summed E-state index contributed by atoms with van der Waals surface area (Å²) in [5.41, 5.74) is 4.27. The maximum Gasteiger partial charge on any atom is 0.236 e. The van der Waals surface area contributed by atoms with Crippen molar-refractivity contribution >= 4 is 27.3 Å². The van der Waals surface area contributed by atoms with Gasteiger partial charge in [-0.25, -0.2) is 8.42 Å². The molecule has 148 valence electrons. The number of hydrogen-bond acceptors (Lipinski definition) is 3. The van der Waals surface area contributed by atoms with Crippen LogP contribution in [-0.4, -0.2) is 20.9 Å².